The largest absolute Gasteiger partial charge is 0.484 e. The fourth-order valence-electron chi connectivity index (χ4n) is 4.78. The monoisotopic (exact) mass is 524 g/mol. The van der Waals surface area contributed by atoms with E-state index in [9.17, 15) is 19.1 Å². The zero-order valence-electron chi connectivity index (χ0n) is 18.4. The number of ether oxygens (including phenoxy) is 3. The number of fused-ring (bicyclic) bond motifs is 3. The predicted octanol–water partition coefficient (Wildman–Crippen LogP) is 2.93. The molecule has 0 radical (unpaired) electrons. The van der Waals surface area contributed by atoms with Gasteiger partial charge >= 0.3 is 0 Å². The first kappa shape index (κ1) is 24.1. The van der Waals surface area contributed by atoms with Crippen molar-refractivity contribution in [2.24, 2.45) is 0 Å². The zero-order chi connectivity index (χ0) is 24.7. The van der Waals surface area contributed by atoms with Crippen molar-refractivity contribution < 1.29 is 33.3 Å². The number of aliphatic hydroxyl groups excluding tert-OH is 1. The number of halogens is 3. The quantitative estimate of drug-likeness (QED) is 0.536. The summed E-state index contributed by atoms with van der Waals surface area (Å²) in [7, 11) is 0. The summed E-state index contributed by atoms with van der Waals surface area (Å²) in [6.45, 7) is -0.275. The van der Waals surface area contributed by atoms with Gasteiger partial charge in [0.1, 0.15) is 17.3 Å². The molecular weight excluding hydrogens is 502 g/mol. The Labute approximate surface area is 210 Å². The third-order valence-corrected chi connectivity index (χ3v) is 7.03. The molecule has 2 fully saturated rings. The summed E-state index contributed by atoms with van der Waals surface area (Å²) in [4.78, 5) is 25.1. The Hall–Kier alpha value is -2.59. The molecule has 6 atom stereocenters. The fraction of sp³-hybridized carbons (Fsp3) is 0.417. The van der Waals surface area contributed by atoms with E-state index in [1.165, 1.54) is 12.1 Å². The maximum Gasteiger partial charge on any atom is 0.261 e. The van der Waals surface area contributed by atoms with E-state index < -0.39 is 18.0 Å². The van der Waals surface area contributed by atoms with Crippen LogP contribution in [0.2, 0.25) is 10.0 Å². The first-order chi connectivity index (χ1) is 16.8. The summed E-state index contributed by atoms with van der Waals surface area (Å²) in [5, 5.41) is 16.7. The van der Waals surface area contributed by atoms with Gasteiger partial charge in [0.25, 0.3) is 11.8 Å². The number of aliphatic hydroxyl groups is 1. The van der Waals surface area contributed by atoms with E-state index in [-0.39, 0.29) is 59.9 Å². The van der Waals surface area contributed by atoms with Crippen LogP contribution in [0.3, 0.4) is 0 Å². The molecule has 5 rings (SSSR count). The third-order valence-electron chi connectivity index (χ3n) is 6.48. The van der Waals surface area contributed by atoms with Crippen LogP contribution < -0.4 is 20.1 Å². The smallest absolute Gasteiger partial charge is 0.261 e. The van der Waals surface area contributed by atoms with Crippen molar-refractivity contribution in [3.05, 3.63) is 57.8 Å². The molecule has 2 bridgehead atoms. The van der Waals surface area contributed by atoms with E-state index in [0.717, 1.165) is 6.07 Å². The second-order valence-electron chi connectivity index (χ2n) is 8.88. The van der Waals surface area contributed by atoms with Crippen molar-refractivity contribution in [1.29, 1.82) is 0 Å². The molecular formula is C24H23Cl2FN2O6. The van der Waals surface area contributed by atoms with Gasteiger partial charge in [0, 0.05) is 23.1 Å². The molecule has 0 saturated carbocycles. The number of carbonyl (C=O) groups is 2. The van der Waals surface area contributed by atoms with E-state index in [4.69, 9.17) is 37.4 Å². The maximum absolute atomic E-state index is 13.5. The number of hydrogen-bond donors (Lipinski definition) is 3. The minimum atomic E-state index is -0.851. The van der Waals surface area contributed by atoms with Crippen molar-refractivity contribution in [1.82, 2.24) is 10.6 Å². The third kappa shape index (κ3) is 5.18. The summed E-state index contributed by atoms with van der Waals surface area (Å²) in [6, 6.07) is 8.44. The zero-order valence-corrected chi connectivity index (χ0v) is 19.9. The van der Waals surface area contributed by atoms with E-state index in [1.54, 1.807) is 18.2 Å². The van der Waals surface area contributed by atoms with Crippen molar-refractivity contribution in [3.63, 3.8) is 0 Å². The lowest BCUT2D eigenvalue weighted by molar-refractivity contribution is -0.131. The molecule has 0 aromatic heterocycles. The Bertz CT molecular complexity index is 1150. The fourth-order valence-corrected chi connectivity index (χ4v) is 5.08. The molecule has 35 heavy (non-hydrogen) atoms. The predicted molar refractivity (Wildman–Crippen MR) is 124 cm³/mol. The van der Waals surface area contributed by atoms with E-state index in [0.29, 0.717) is 29.2 Å². The van der Waals surface area contributed by atoms with Gasteiger partial charge in [-0.15, -0.1) is 0 Å². The molecule has 11 heteroatoms. The minimum absolute atomic E-state index is 0.0245. The number of nitrogens with one attached hydrogen (secondary N) is 2. The number of benzene rings is 2. The first-order valence-corrected chi connectivity index (χ1v) is 12.0. The molecule has 8 nitrogen and oxygen atoms in total. The highest BCUT2D eigenvalue weighted by Crippen LogP contribution is 2.38. The summed E-state index contributed by atoms with van der Waals surface area (Å²) in [5.41, 5.74) is 0.563. The molecule has 3 aliphatic rings. The SMILES string of the molecule is O=C(COc1ccc(Cl)c(F)c1)NC1CC2OC1CC2NC(=O)[C@H]1C[C@@H](O)c2cc(Cl)ccc2O1. The Kier molecular flexibility index (Phi) is 6.76. The second-order valence-corrected chi connectivity index (χ2v) is 9.72. The normalized spacial score (nSPS) is 28.7. The van der Waals surface area contributed by atoms with Gasteiger partial charge < -0.3 is 30.0 Å². The van der Waals surface area contributed by atoms with Gasteiger partial charge in [0.15, 0.2) is 12.7 Å². The van der Waals surface area contributed by atoms with Crippen LogP contribution in [-0.4, -0.2) is 53.9 Å². The molecule has 4 unspecified atom stereocenters. The van der Waals surface area contributed by atoms with Crippen LogP contribution in [0.4, 0.5) is 4.39 Å². The molecule has 0 aliphatic carbocycles. The van der Waals surface area contributed by atoms with Gasteiger partial charge in [-0.2, -0.15) is 0 Å². The number of amides is 2. The minimum Gasteiger partial charge on any atom is -0.484 e. The van der Waals surface area contributed by atoms with E-state index in [2.05, 4.69) is 10.6 Å². The number of hydrogen-bond acceptors (Lipinski definition) is 6. The highest BCUT2D eigenvalue weighted by atomic mass is 35.5. The van der Waals surface area contributed by atoms with Crippen LogP contribution in [0.5, 0.6) is 11.5 Å². The molecule has 3 aliphatic heterocycles. The average Bonchev–Trinajstić information content (AvgIpc) is 3.40. The first-order valence-electron chi connectivity index (χ1n) is 11.2. The molecule has 2 amide bonds. The lowest BCUT2D eigenvalue weighted by Crippen LogP contribution is -2.52. The summed E-state index contributed by atoms with van der Waals surface area (Å²) < 4.78 is 30.5. The van der Waals surface area contributed by atoms with Crippen molar-refractivity contribution in [2.45, 2.75) is 55.8 Å². The topological polar surface area (TPSA) is 106 Å². The van der Waals surface area contributed by atoms with Crippen molar-refractivity contribution >= 4 is 35.0 Å². The highest BCUT2D eigenvalue weighted by molar-refractivity contribution is 6.31. The van der Waals surface area contributed by atoms with Gasteiger partial charge in [-0.1, -0.05) is 23.2 Å². The number of carbonyl (C=O) groups excluding carboxylic acids is 2. The van der Waals surface area contributed by atoms with Gasteiger partial charge in [0.05, 0.1) is 35.4 Å². The van der Waals surface area contributed by atoms with Crippen LogP contribution >= 0.6 is 23.2 Å². The Balaban J connectivity index is 1.09. The molecule has 2 saturated heterocycles. The lowest BCUT2D eigenvalue weighted by atomic mass is 9.90. The van der Waals surface area contributed by atoms with Gasteiger partial charge in [-0.25, -0.2) is 4.39 Å². The molecule has 3 N–H and O–H groups in total. The second kappa shape index (κ2) is 9.81. The maximum atomic E-state index is 13.5. The van der Waals surface area contributed by atoms with Gasteiger partial charge in [0.2, 0.25) is 0 Å². The number of rotatable bonds is 6. The highest BCUT2D eigenvalue weighted by Gasteiger charge is 2.49. The van der Waals surface area contributed by atoms with Gasteiger partial charge in [-0.05, 0) is 43.2 Å². The van der Waals surface area contributed by atoms with Crippen molar-refractivity contribution in [2.75, 3.05) is 6.61 Å². The van der Waals surface area contributed by atoms with Crippen molar-refractivity contribution in [3.8, 4) is 11.5 Å². The summed E-state index contributed by atoms with van der Waals surface area (Å²) in [6.07, 6.45) is -0.989. The summed E-state index contributed by atoms with van der Waals surface area (Å²) in [5.74, 6) is -0.667. The van der Waals surface area contributed by atoms with Crippen LogP contribution in [-0.2, 0) is 14.3 Å². The molecule has 3 heterocycles. The van der Waals surface area contributed by atoms with Crippen LogP contribution in [0.15, 0.2) is 36.4 Å². The molecule has 0 spiro atoms. The average molecular weight is 525 g/mol. The Morgan fingerprint density at radius 3 is 2.51 bits per heavy atom. The standard InChI is InChI=1S/C24H23Cl2FN2O6/c25-11-1-4-19-13(5-11)18(30)9-22(34-19)24(32)29-17-8-20-16(7-21(17)35-20)28-23(31)10-33-12-2-3-14(26)15(27)6-12/h1-6,16-18,20-22,30H,7-10H2,(H,28,31)(H,29,32)/t16?,17?,18-,20?,21?,22-/m1/s1. The lowest BCUT2D eigenvalue weighted by Gasteiger charge is -2.31. The summed E-state index contributed by atoms with van der Waals surface area (Å²) >= 11 is 11.6. The van der Waals surface area contributed by atoms with E-state index >= 15 is 0 Å². The van der Waals surface area contributed by atoms with Crippen LogP contribution in [0.25, 0.3) is 0 Å². The van der Waals surface area contributed by atoms with Crippen LogP contribution in [0, 0.1) is 5.82 Å². The van der Waals surface area contributed by atoms with E-state index in [1.807, 2.05) is 0 Å². The molecule has 2 aromatic carbocycles. The Morgan fingerprint density at radius 1 is 1.06 bits per heavy atom. The molecule has 186 valence electrons. The molecule has 2 aromatic rings. The van der Waals surface area contributed by atoms with Crippen LogP contribution in [0.1, 0.15) is 30.9 Å². The van der Waals surface area contributed by atoms with Gasteiger partial charge in [-0.3, -0.25) is 9.59 Å². The Morgan fingerprint density at radius 2 is 1.80 bits per heavy atom.